The molecule has 3 nitrogen and oxygen atoms in total. The third-order valence-electron chi connectivity index (χ3n) is 3.57. The normalized spacial score (nSPS) is 10.4. The Morgan fingerprint density at radius 1 is 0.667 bits per heavy atom. The molecule has 0 heterocycles. The highest BCUT2D eigenvalue weighted by atomic mass is 16.4. The quantitative estimate of drug-likeness (QED) is 0.716. The summed E-state index contributed by atoms with van der Waals surface area (Å²) in [5.74, 6) is -0.833. The lowest BCUT2D eigenvalue weighted by Crippen LogP contribution is -2.28. The van der Waals surface area contributed by atoms with Gasteiger partial charge in [0.1, 0.15) is 5.60 Å². The van der Waals surface area contributed by atoms with E-state index in [1.54, 1.807) is 0 Å². The monoisotopic (exact) mass is 320 g/mol. The Hall–Kier alpha value is -2.91. The smallest absolute Gasteiger partial charge is 0.300 e. The first-order valence-electron chi connectivity index (χ1n) is 7.63. The number of carbonyl (C=O) groups is 1. The van der Waals surface area contributed by atoms with Crippen molar-refractivity contribution in [3.05, 3.63) is 108 Å². The Labute approximate surface area is 141 Å². The number of carboxylic acids is 1. The third-order valence-corrected chi connectivity index (χ3v) is 3.57. The Bertz CT molecular complexity index is 652. The average molecular weight is 320 g/mol. The van der Waals surface area contributed by atoms with Gasteiger partial charge < -0.3 is 10.2 Å². The first-order valence-corrected chi connectivity index (χ1v) is 7.63. The number of aliphatic hydroxyl groups is 1. The molecule has 3 rings (SSSR count). The molecule has 0 saturated heterocycles. The minimum absolute atomic E-state index is 0.833. The third kappa shape index (κ3) is 4.09. The molecule has 2 N–H and O–H groups in total. The first-order chi connectivity index (χ1) is 11.5. The van der Waals surface area contributed by atoms with E-state index in [1.165, 1.54) is 0 Å². The fraction of sp³-hybridized carbons (Fsp3) is 0.0952. The number of hydrogen-bond acceptors (Lipinski definition) is 2. The predicted molar refractivity (Wildman–Crippen MR) is 94.7 cm³/mol. The van der Waals surface area contributed by atoms with Gasteiger partial charge in [0.05, 0.1) is 0 Å². The van der Waals surface area contributed by atoms with E-state index in [0.717, 1.165) is 23.6 Å². The molecule has 0 fully saturated rings. The van der Waals surface area contributed by atoms with E-state index in [-0.39, 0.29) is 0 Å². The molecule has 0 unspecified atom stereocenters. The van der Waals surface area contributed by atoms with Gasteiger partial charge in [-0.15, -0.1) is 0 Å². The fourth-order valence-corrected chi connectivity index (χ4v) is 2.54. The number of rotatable bonds is 3. The summed E-state index contributed by atoms with van der Waals surface area (Å²) in [5.41, 5.74) is 1.50. The summed E-state index contributed by atoms with van der Waals surface area (Å²) in [5, 5.41) is 18.8. The van der Waals surface area contributed by atoms with E-state index in [2.05, 4.69) is 0 Å². The SMILES string of the molecule is CC(=O)O.OC(c1ccccc1)(c1ccccc1)c1ccccc1. The van der Waals surface area contributed by atoms with Crippen LogP contribution in [0, 0.1) is 0 Å². The first kappa shape index (κ1) is 17.4. The number of hydrogen-bond donors (Lipinski definition) is 2. The van der Waals surface area contributed by atoms with Crippen molar-refractivity contribution >= 4 is 5.97 Å². The lowest BCUT2D eigenvalue weighted by atomic mass is 9.80. The molecule has 0 saturated carbocycles. The van der Waals surface area contributed by atoms with Gasteiger partial charge >= 0.3 is 0 Å². The summed E-state index contributed by atoms with van der Waals surface area (Å²) in [4.78, 5) is 9.00. The average Bonchev–Trinajstić information content (AvgIpc) is 2.63. The van der Waals surface area contributed by atoms with Gasteiger partial charge in [-0.05, 0) is 16.7 Å². The van der Waals surface area contributed by atoms with E-state index < -0.39 is 11.6 Å². The van der Waals surface area contributed by atoms with Crippen molar-refractivity contribution < 1.29 is 15.0 Å². The van der Waals surface area contributed by atoms with E-state index in [4.69, 9.17) is 9.90 Å². The van der Waals surface area contributed by atoms with E-state index >= 15 is 0 Å². The molecule has 0 aliphatic carbocycles. The van der Waals surface area contributed by atoms with Gasteiger partial charge in [0.25, 0.3) is 5.97 Å². The molecule has 0 aromatic heterocycles. The molecular formula is C21H20O3. The summed E-state index contributed by atoms with van der Waals surface area (Å²) in [6, 6.07) is 29.3. The van der Waals surface area contributed by atoms with Gasteiger partial charge in [-0.3, -0.25) is 4.79 Å². The van der Waals surface area contributed by atoms with Crippen LogP contribution in [0.2, 0.25) is 0 Å². The molecule has 3 aromatic carbocycles. The van der Waals surface area contributed by atoms with Crippen molar-refractivity contribution in [3.8, 4) is 0 Å². The van der Waals surface area contributed by atoms with Crippen LogP contribution in [0.1, 0.15) is 23.6 Å². The number of carboxylic acid groups (broad SMARTS) is 1. The number of benzene rings is 3. The Kier molecular flexibility index (Phi) is 5.88. The zero-order chi connectivity index (χ0) is 17.4. The van der Waals surface area contributed by atoms with Gasteiger partial charge in [0.2, 0.25) is 0 Å². The molecule has 0 atom stereocenters. The summed E-state index contributed by atoms with van der Waals surface area (Å²) in [6.07, 6.45) is 0. The summed E-state index contributed by atoms with van der Waals surface area (Å²) in [7, 11) is 0. The molecule has 0 spiro atoms. The van der Waals surface area contributed by atoms with Gasteiger partial charge in [-0.1, -0.05) is 91.0 Å². The van der Waals surface area contributed by atoms with Crippen LogP contribution >= 0.6 is 0 Å². The molecule has 0 radical (unpaired) electrons. The minimum Gasteiger partial charge on any atom is -0.481 e. The van der Waals surface area contributed by atoms with Crippen LogP contribution in [0.25, 0.3) is 0 Å². The fourth-order valence-electron chi connectivity index (χ4n) is 2.54. The topological polar surface area (TPSA) is 57.5 Å². The molecule has 3 heteroatoms. The largest absolute Gasteiger partial charge is 0.481 e. The predicted octanol–water partition coefficient (Wildman–Crippen LogP) is 4.06. The Morgan fingerprint density at radius 3 is 1.08 bits per heavy atom. The highest BCUT2D eigenvalue weighted by molar-refractivity contribution is 5.63. The second-order valence-electron chi connectivity index (χ2n) is 5.33. The lowest BCUT2D eigenvalue weighted by Gasteiger charge is -2.30. The highest BCUT2D eigenvalue weighted by Gasteiger charge is 2.33. The summed E-state index contributed by atoms with van der Waals surface area (Å²) >= 11 is 0. The number of aliphatic carboxylic acids is 1. The lowest BCUT2D eigenvalue weighted by molar-refractivity contribution is -0.134. The Morgan fingerprint density at radius 2 is 0.875 bits per heavy atom. The van der Waals surface area contributed by atoms with Crippen molar-refractivity contribution in [1.29, 1.82) is 0 Å². The van der Waals surface area contributed by atoms with Crippen LogP contribution in [-0.2, 0) is 10.4 Å². The highest BCUT2D eigenvalue weighted by Crippen LogP contribution is 2.36. The molecule has 0 aliphatic rings. The second kappa shape index (κ2) is 8.09. The zero-order valence-electron chi connectivity index (χ0n) is 13.5. The van der Waals surface area contributed by atoms with E-state index in [9.17, 15) is 5.11 Å². The van der Waals surface area contributed by atoms with Crippen LogP contribution in [-0.4, -0.2) is 16.2 Å². The standard InChI is InChI=1S/C19H16O.C2H4O2/c20-19(16-10-4-1-5-11-16,17-12-6-2-7-13-17)18-14-8-3-9-15-18;1-2(3)4/h1-15,20H;1H3,(H,3,4). The van der Waals surface area contributed by atoms with Crippen LogP contribution < -0.4 is 0 Å². The van der Waals surface area contributed by atoms with Gasteiger partial charge in [-0.2, -0.15) is 0 Å². The molecule has 122 valence electrons. The van der Waals surface area contributed by atoms with Gasteiger partial charge in [0, 0.05) is 6.92 Å². The molecule has 3 aromatic rings. The van der Waals surface area contributed by atoms with Crippen LogP contribution in [0.3, 0.4) is 0 Å². The van der Waals surface area contributed by atoms with Crippen molar-refractivity contribution in [2.24, 2.45) is 0 Å². The van der Waals surface area contributed by atoms with Crippen LogP contribution in [0.5, 0.6) is 0 Å². The minimum atomic E-state index is -1.12. The van der Waals surface area contributed by atoms with E-state index in [0.29, 0.717) is 0 Å². The van der Waals surface area contributed by atoms with Crippen molar-refractivity contribution in [2.75, 3.05) is 0 Å². The second-order valence-corrected chi connectivity index (χ2v) is 5.33. The zero-order valence-corrected chi connectivity index (χ0v) is 13.5. The van der Waals surface area contributed by atoms with Crippen molar-refractivity contribution in [2.45, 2.75) is 12.5 Å². The van der Waals surface area contributed by atoms with Gasteiger partial charge in [-0.25, -0.2) is 0 Å². The van der Waals surface area contributed by atoms with Crippen LogP contribution in [0.15, 0.2) is 91.0 Å². The van der Waals surface area contributed by atoms with Crippen molar-refractivity contribution in [3.63, 3.8) is 0 Å². The maximum Gasteiger partial charge on any atom is 0.300 e. The van der Waals surface area contributed by atoms with Crippen LogP contribution in [0.4, 0.5) is 0 Å². The maximum absolute atomic E-state index is 11.4. The Balaban J connectivity index is 0.000000471. The van der Waals surface area contributed by atoms with Gasteiger partial charge in [0.15, 0.2) is 0 Å². The maximum atomic E-state index is 11.4. The van der Waals surface area contributed by atoms with Crippen molar-refractivity contribution in [1.82, 2.24) is 0 Å². The molecule has 0 bridgehead atoms. The van der Waals surface area contributed by atoms with E-state index in [1.807, 2.05) is 91.0 Å². The summed E-state index contributed by atoms with van der Waals surface area (Å²) < 4.78 is 0. The molecule has 0 amide bonds. The molecular weight excluding hydrogens is 300 g/mol. The molecule has 0 aliphatic heterocycles. The molecule has 24 heavy (non-hydrogen) atoms. The summed E-state index contributed by atoms with van der Waals surface area (Å²) in [6.45, 7) is 1.08.